The van der Waals surface area contributed by atoms with Gasteiger partial charge in [0.2, 0.25) is 0 Å². The van der Waals surface area contributed by atoms with E-state index in [0.717, 1.165) is 19.3 Å². The number of ether oxygens (including phenoxy) is 1. The van der Waals surface area contributed by atoms with Crippen LogP contribution in [-0.4, -0.2) is 17.2 Å². The van der Waals surface area contributed by atoms with Crippen LogP contribution >= 0.6 is 0 Å². The number of rotatable bonds is 4. The highest BCUT2D eigenvalue weighted by molar-refractivity contribution is 5.86. The Bertz CT molecular complexity index is 490. The highest BCUT2D eigenvalue weighted by atomic mass is 19.1. The molecule has 1 aromatic rings. The summed E-state index contributed by atoms with van der Waals surface area (Å²) in [6.45, 7) is 0. The summed E-state index contributed by atoms with van der Waals surface area (Å²) in [7, 11) is 0. The van der Waals surface area contributed by atoms with E-state index < -0.39 is 17.2 Å². The lowest BCUT2D eigenvalue weighted by molar-refractivity contribution is -0.140. The Morgan fingerprint density at radius 3 is 2.61 bits per heavy atom. The molecule has 0 atom stereocenters. The number of carboxylic acid groups (broad SMARTS) is 1. The Morgan fingerprint density at radius 2 is 2.11 bits per heavy atom. The van der Waals surface area contributed by atoms with Crippen molar-refractivity contribution in [1.82, 2.24) is 0 Å². The minimum Gasteiger partial charge on any atom is -0.490 e. The van der Waals surface area contributed by atoms with Crippen molar-refractivity contribution in [2.75, 3.05) is 0 Å². The van der Waals surface area contributed by atoms with Crippen LogP contribution in [0.4, 0.5) is 4.39 Å². The van der Waals surface area contributed by atoms with E-state index in [9.17, 15) is 14.3 Å². The van der Waals surface area contributed by atoms with Crippen molar-refractivity contribution >= 4 is 5.97 Å². The average molecular weight is 250 g/mol. The first-order chi connectivity index (χ1) is 8.62. The first-order valence-electron chi connectivity index (χ1n) is 6.32. The zero-order valence-electron chi connectivity index (χ0n) is 9.99. The van der Waals surface area contributed by atoms with E-state index in [0.29, 0.717) is 24.2 Å². The number of halogens is 1. The topological polar surface area (TPSA) is 46.5 Å². The third kappa shape index (κ3) is 1.76. The zero-order valence-corrected chi connectivity index (χ0v) is 9.99. The van der Waals surface area contributed by atoms with E-state index in [2.05, 4.69) is 0 Å². The molecule has 0 spiro atoms. The van der Waals surface area contributed by atoms with Crippen LogP contribution in [0.1, 0.15) is 37.7 Å². The van der Waals surface area contributed by atoms with Crippen molar-refractivity contribution in [3.63, 3.8) is 0 Å². The summed E-state index contributed by atoms with van der Waals surface area (Å²) < 4.78 is 19.1. The fourth-order valence-corrected chi connectivity index (χ4v) is 2.37. The molecular weight excluding hydrogens is 235 g/mol. The molecule has 2 aliphatic rings. The first-order valence-corrected chi connectivity index (χ1v) is 6.32. The van der Waals surface area contributed by atoms with Crippen LogP contribution in [0.3, 0.4) is 0 Å². The molecule has 2 saturated carbocycles. The minimum atomic E-state index is -0.915. The van der Waals surface area contributed by atoms with Crippen molar-refractivity contribution in [2.24, 2.45) is 0 Å². The molecule has 0 heterocycles. The Balaban J connectivity index is 1.95. The van der Waals surface area contributed by atoms with Gasteiger partial charge in [0.1, 0.15) is 11.6 Å². The molecule has 0 unspecified atom stereocenters. The van der Waals surface area contributed by atoms with Crippen LogP contribution in [-0.2, 0) is 10.2 Å². The molecule has 1 aromatic carbocycles. The van der Waals surface area contributed by atoms with Crippen molar-refractivity contribution in [3.8, 4) is 5.75 Å². The van der Waals surface area contributed by atoms with E-state index in [4.69, 9.17) is 4.74 Å². The van der Waals surface area contributed by atoms with Crippen LogP contribution in [0, 0.1) is 5.82 Å². The minimum absolute atomic E-state index is 0.166. The van der Waals surface area contributed by atoms with Gasteiger partial charge in [0.25, 0.3) is 0 Å². The van der Waals surface area contributed by atoms with Gasteiger partial charge in [-0.15, -0.1) is 0 Å². The van der Waals surface area contributed by atoms with E-state index in [-0.39, 0.29) is 6.10 Å². The van der Waals surface area contributed by atoms with E-state index >= 15 is 0 Å². The zero-order chi connectivity index (χ0) is 12.8. The van der Waals surface area contributed by atoms with Gasteiger partial charge >= 0.3 is 5.97 Å². The summed E-state index contributed by atoms with van der Waals surface area (Å²) >= 11 is 0. The molecule has 0 saturated heterocycles. The van der Waals surface area contributed by atoms with Gasteiger partial charge < -0.3 is 9.84 Å². The van der Waals surface area contributed by atoms with Crippen molar-refractivity contribution in [1.29, 1.82) is 0 Å². The molecule has 0 amide bonds. The van der Waals surface area contributed by atoms with Crippen molar-refractivity contribution < 1.29 is 19.0 Å². The van der Waals surface area contributed by atoms with E-state index in [1.165, 1.54) is 12.1 Å². The standard InChI is InChI=1S/C14H15FO3/c15-9-4-5-12(18-10-2-1-3-10)11(8-9)14(6-7-14)13(16)17/h4-5,8,10H,1-3,6-7H2,(H,16,17). The van der Waals surface area contributed by atoms with Crippen LogP contribution in [0.5, 0.6) is 5.75 Å². The molecule has 1 N–H and O–H groups in total. The number of hydrogen-bond donors (Lipinski definition) is 1. The third-order valence-electron chi connectivity index (χ3n) is 3.96. The predicted molar refractivity (Wildman–Crippen MR) is 63.2 cm³/mol. The SMILES string of the molecule is O=C(O)C1(c2cc(F)ccc2OC2CCC2)CC1. The third-order valence-corrected chi connectivity index (χ3v) is 3.96. The quantitative estimate of drug-likeness (QED) is 0.893. The van der Waals surface area contributed by atoms with Gasteiger partial charge in [0.15, 0.2) is 0 Å². The molecule has 0 aliphatic heterocycles. The summed E-state index contributed by atoms with van der Waals surface area (Å²) in [6, 6.07) is 4.20. The summed E-state index contributed by atoms with van der Waals surface area (Å²) in [5.41, 5.74) is -0.414. The number of benzene rings is 1. The number of hydrogen-bond acceptors (Lipinski definition) is 2. The molecule has 2 aliphatic carbocycles. The highest BCUT2D eigenvalue weighted by Crippen LogP contribution is 2.52. The fraction of sp³-hybridized carbons (Fsp3) is 0.500. The normalized spacial score (nSPS) is 21.2. The smallest absolute Gasteiger partial charge is 0.314 e. The maximum Gasteiger partial charge on any atom is 0.314 e. The van der Waals surface area contributed by atoms with Gasteiger partial charge in [0, 0.05) is 5.56 Å². The lowest BCUT2D eigenvalue weighted by Crippen LogP contribution is -2.27. The first kappa shape index (κ1) is 11.5. The lowest BCUT2D eigenvalue weighted by atomic mass is 9.93. The Labute approximate surface area is 105 Å². The van der Waals surface area contributed by atoms with Crippen molar-refractivity contribution in [2.45, 2.75) is 43.6 Å². The van der Waals surface area contributed by atoms with Gasteiger partial charge in [-0.1, -0.05) is 0 Å². The Morgan fingerprint density at radius 1 is 1.39 bits per heavy atom. The van der Waals surface area contributed by atoms with E-state index in [1.807, 2.05) is 0 Å². The fourth-order valence-electron chi connectivity index (χ4n) is 2.37. The molecule has 0 aromatic heterocycles. The second kappa shape index (κ2) is 3.97. The molecule has 0 radical (unpaired) electrons. The van der Waals surface area contributed by atoms with Gasteiger partial charge in [-0.2, -0.15) is 0 Å². The maximum absolute atomic E-state index is 13.4. The molecule has 96 valence electrons. The number of aliphatic carboxylic acids is 1. The molecule has 4 heteroatoms. The van der Waals surface area contributed by atoms with Gasteiger partial charge in [0.05, 0.1) is 11.5 Å². The highest BCUT2D eigenvalue weighted by Gasteiger charge is 2.53. The average Bonchev–Trinajstić information content (AvgIpc) is 3.06. The van der Waals surface area contributed by atoms with Gasteiger partial charge in [-0.25, -0.2) is 4.39 Å². The van der Waals surface area contributed by atoms with Crippen molar-refractivity contribution in [3.05, 3.63) is 29.6 Å². The number of carbonyl (C=O) groups is 1. The van der Waals surface area contributed by atoms with Crippen LogP contribution < -0.4 is 4.74 Å². The Hall–Kier alpha value is -1.58. The van der Waals surface area contributed by atoms with E-state index in [1.54, 1.807) is 6.07 Å². The largest absolute Gasteiger partial charge is 0.490 e. The molecule has 3 nitrogen and oxygen atoms in total. The van der Waals surface area contributed by atoms with Crippen LogP contribution in [0.2, 0.25) is 0 Å². The van der Waals surface area contributed by atoms with Gasteiger partial charge in [-0.05, 0) is 50.3 Å². The summed E-state index contributed by atoms with van der Waals surface area (Å²) in [6.07, 6.45) is 4.43. The summed E-state index contributed by atoms with van der Waals surface area (Å²) in [5.74, 6) is -0.744. The predicted octanol–water partition coefficient (Wildman–Crippen LogP) is 2.87. The molecule has 2 fully saturated rings. The Kier molecular flexibility index (Phi) is 2.54. The maximum atomic E-state index is 13.4. The molecule has 18 heavy (non-hydrogen) atoms. The molecular formula is C14H15FO3. The van der Waals surface area contributed by atoms with Crippen LogP contribution in [0.15, 0.2) is 18.2 Å². The monoisotopic (exact) mass is 250 g/mol. The number of carboxylic acids is 1. The summed E-state index contributed by atoms with van der Waals surface area (Å²) in [4.78, 5) is 11.3. The van der Waals surface area contributed by atoms with Gasteiger partial charge in [-0.3, -0.25) is 4.79 Å². The summed E-state index contributed by atoms with van der Waals surface area (Å²) in [5, 5.41) is 9.30. The second-order valence-electron chi connectivity index (χ2n) is 5.20. The van der Waals surface area contributed by atoms with Crippen LogP contribution in [0.25, 0.3) is 0 Å². The lowest BCUT2D eigenvalue weighted by Gasteiger charge is -2.28. The molecule has 0 bridgehead atoms. The molecule has 3 rings (SSSR count). The second-order valence-corrected chi connectivity index (χ2v) is 5.20.